The predicted molar refractivity (Wildman–Crippen MR) is 64.3 cm³/mol. The zero-order valence-electron chi connectivity index (χ0n) is 9.56. The molecule has 2 atom stereocenters. The normalized spacial score (nSPS) is 31.4. The van der Waals surface area contributed by atoms with Gasteiger partial charge in [-0.2, -0.15) is 0 Å². The molecule has 0 radical (unpaired) electrons. The molecule has 2 heterocycles. The summed E-state index contributed by atoms with van der Waals surface area (Å²) in [6, 6.07) is 0. The Labute approximate surface area is 98.9 Å². The minimum Gasteiger partial charge on any atom is -0.382 e. The van der Waals surface area contributed by atoms with Crippen LogP contribution in [0.4, 0.5) is 5.82 Å². The van der Waals surface area contributed by atoms with Crippen molar-refractivity contribution in [2.24, 2.45) is 11.8 Å². The molecule has 5 nitrogen and oxygen atoms in total. The van der Waals surface area contributed by atoms with Crippen molar-refractivity contribution in [2.45, 2.75) is 31.6 Å². The van der Waals surface area contributed by atoms with Gasteiger partial charge >= 0.3 is 0 Å². The SMILES string of the molecule is Nc1ncnc2nc(C3C4CCCCC43)[nH]c12. The van der Waals surface area contributed by atoms with Gasteiger partial charge in [0.05, 0.1) is 0 Å². The third-order valence-corrected chi connectivity index (χ3v) is 4.31. The number of fused-ring (bicyclic) bond motifs is 2. The summed E-state index contributed by atoms with van der Waals surface area (Å²) in [4.78, 5) is 16.0. The van der Waals surface area contributed by atoms with Gasteiger partial charge in [0.2, 0.25) is 0 Å². The number of aromatic amines is 1. The molecule has 5 heteroatoms. The van der Waals surface area contributed by atoms with E-state index >= 15 is 0 Å². The van der Waals surface area contributed by atoms with Crippen LogP contribution in [-0.2, 0) is 0 Å². The number of aromatic nitrogens is 4. The van der Waals surface area contributed by atoms with Crippen LogP contribution in [0, 0.1) is 11.8 Å². The minimum absolute atomic E-state index is 0.498. The van der Waals surface area contributed by atoms with Crippen molar-refractivity contribution < 1.29 is 0 Å². The number of nitrogen functional groups attached to an aromatic ring is 1. The highest BCUT2D eigenvalue weighted by molar-refractivity contribution is 5.81. The van der Waals surface area contributed by atoms with Gasteiger partial charge in [0.15, 0.2) is 11.5 Å². The molecule has 4 rings (SSSR count). The molecule has 3 N–H and O–H groups in total. The fourth-order valence-corrected chi connectivity index (χ4v) is 3.42. The third kappa shape index (κ3) is 1.28. The zero-order valence-corrected chi connectivity index (χ0v) is 9.56. The summed E-state index contributed by atoms with van der Waals surface area (Å²) >= 11 is 0. The van der Waals surface area contributed by atoms with E-state index in [9.17, 15) is 0 Å². The quantitative estimate of drug-likeness (QED) is 0.781. The second kappa shape index (κ2) is 3.18. The molecule has 2 aromatic rings. The first kappa shape index (κ1) is 9.39. The van der Waals surface area contributed by atoms with E-state index < -0.39 is 0 Å². The van der Waals surface area contributed by atoms with E-state index in [1.165, 1.54) is 32.0 Å². The monoisotopic (exact) mass is 229 g/mol. The van der Waals surface area contributed by atoms with Crippen LogP contribution in [0.3, 0.4) is 0 Å². The van der Waals surface area contributed by atoms with E-state index in [1.807, 2.05) is 0 Å². The van der Waals surface area contributed by atoms with Crippen molar-refractivity contribution in [3.8, 4) is 0 Å². The Morgan fingerprint density at radius 2 is 1.94 bits per heavy atom. The highest BCUT2D eigenvalue weighted by Gasteiger charge is 2.52. The molecule has 2 aliphatic carbocycles. The van der Waals surface area contributed by atoms with Gasteiger partial charge in [0, 0.05) is 5.92 Å². The van der Waals surface area contributed by atoms with Gasteiger partial charge in [-0.15, -0.1) is 0 Å². The summed E-state index contributed by atoms with van der Waals surface area (Å²) in [5, 5.41) is 0. The van der Waals surface area contributed by atoms with Crippen LogP contribution in [0.2, 0.25) is 0 Å². The number of anilines is 1. The molecule has 0 saturated heterocycles. The molecular formula is C12H15N5. The summed E-state index contributed by atoms with van der Waals surface area (Å²) in [7, 11) is 0. The van der Waals surface area contributed by atoms with E-state index in [1.54, 1.807) is 0 Å². The van der Waals surface area contributed by atoms with Crippen molar-refractivity contribution >= 4 is 17.0 Å². The van der Waals surface area contributed by atoms with Crippen molar-refractivity contribution in [3.63, 3.8) is 0 Å². The Morgan fingerprint density at radius 3 is 2.65 bits per heavy atom. The van der Waals surface area contributed by atoms with Crippen molar-refractivity contribution in [3.05, 3.63) is 12.2 Å². The second-order valence-corrected chi connectivity index (χ2v) is 5.22. The van der Waals surface area contributed by atoms with Crippen LogP contribution in [0.1, 0.15) is 37.4 Å². The highest BCUT2D eigenvalue weighted by Crippen LogP contribution is 2.60. The van der Waals surface area contributed by atoms with Crippen LogP contribution in [0.5, 0.6) is 0 Å². The number of nitrogens with zero attached hydrogens (tertiary/aromatic N) is 3. The molecule has 0 aliphatic heterocycles. The van der Waals surface area contributed by atoms with E-state index in [0.29, 0.717) is 17.4 Å². The van der Waals surface area contributed by atoms with Gasteiger partial charge in [0.25, 0.3) is 0 Å². The smallest absolute Gasteiger partial charge is 0.183 e. The molecule has 0 spiro atoms. The predicted octanol–water partition coefficient (Wildman–Crippen LogP) is 1.84. The fourth-order valence-electron chi connectivity index (χ4n) is 3.42. The van der Waals surface area contributed by atoms with Gasteiger partial charge in [-0.1, -0.05) is 12.8 Å². The van der Waals surface area contributed by atoms with Crippen LogP contribution in [0.25, 0.3) is 11.2 Å². The lowest BCUT2D eigenvalue weighted by molar-refractivity contribution is 0.480. The maximum absolute atomic E-state index is 5.81. The lowest BCUT2D eigenvalue weighted by Crippen LogP contribution is -1.91. The Bertz CT molecular complexity index is 563. The molecule has 0 amide bonds. The van der Waals surface area contributed by atoms with Gasteiger partial charge in [-0.05, 0) is 24.7 Å². The molecule has 2 fully saturated rings. The van der Waals surface area contributed by atoms with Gasteiger partial charge < -0.3 is 10.7 Å². The molecule has 17 heavy (non-hydrogen) atoms. The molecule has 2 aliphatic rings. The number of nitrogens with two attached hydrogens (primary N) is 1. The second-order valence-electron chi connectivity index (χ2n) is 5.22. The average Bonchev–Trinajstić information content (AvgIpc) is 2.91. The molecule has 88 valence electrons. The number of nitrogens with one attached hydrogen (secondary N) is 1. The van der Waals surface area contributed by atoms with Crippen molar-refractivity contribution in [1.29, 1.82) is 0 Å². The first-order chi connectivity index (χ1) is 8.34. The van der Waals surface area contributed by atoms with E-state index in [2.05, 4.69) is 19.9 Å². The number of hydrogen-bond donors (Lipinski definition) is 2. The lowest BCUT2D eigenvalue weighted by atomic mass is 10.0. The maximum Gasteiger partial charge on any atom is 0.183 e. The number of imidazole rings is 1. The van der Waals surface area contributed by atoms with Gasteiger partial charge in [0.1, 0.15) is 17.7 Å². The Morgan fingerprint density at radius 1 is 1.18 bits per heavy atom. The largest absolute Gasteiger partial charge is 0.382 e. The maximum atomic E-state index is 5.81. The molecule has 2 aromatic heterocycles. The molecule has 0 aromatic carbocycles. The highest BCUT2D eigenvalue weighted by atomic mass is 15.1. The average molecular weight is 229 g/mol. The van der Waals surface area contributed by atoms with Crippen LogP contribution in [-0.4, -0.2) is 19.9 Å². The van der Waals surface area contributed by atoms with Gasteiger partial charge in [-0.25, -0.2) is 15.0 Å². The van der Waals surface area contributed by atoms with Gasteiger partial charge in [-0.3, -0.25) is 0 Å². The molecular weight excluding hydrogens is 214 g/mol. The topological polar surface area (TPSA) is 80.5 Å². The summed E-state index contributed by atoms with van der Waals surface area (Å²) in [6.07, 6.45) is 6.93. The molecule has 2 unspecified atom stereocenters. The summed E-state index contributed by atoms with van der Waals surface area (Å²) < 4.78 is 0. The lowest BCUT2D eigenvalue weighted by Gasteiger charge is -2.04. The Balaban J connectivity index is 1.75. The Hall–Kier alpha value is -1.65. The third-order valence-electron chi connectivity index (χ3n) is 4.31. The first-order valence-corrected chi connectivity index (χ1v) is 6.30. The Kier molecular flexibility index (Phi) is 1.76. The standard InChI is InChI=1S/C12H15N5/c13-10-9-12(15-5-14-10)17-11(16-9)8-6-3-1-2-4-7(6)8/h5-8H,1-4H2,(H3,13,14,15,16,17). The van der Waals surface area contributed by atoms with Crippen LogP contribution < -0.4 is 5.73 Å². The van der Waals surface area contributed by atoms with Crippen molar-refractivity contribution in [2.75, 3.05) is 5.73 Å². The number of rotatable bonds is 1. The fraction of sp³-hybridized carbons (Fsp3) is 0.583. The van der Waals surface area contributed by atoms with Crippen LogP contribution in [0.15, 0.2) is 6.33 Å². The van der Waals surface area contributed by atoms with E-state index in [4.69, 9.17) is 5.73 Å². The summed E-state index contributed by atoms with van der Waals surface area (Å²) in [5.41, 5.74) is 7.32. The molecule has 2 saturated carbocycles. The number of H-pyrrole nitrogens is 1. The van der Waals surface area contributed by atoms with Crippen LogP contribution >= 0.6 is 0 Å². The van der Waals surface area contributed by atoms with E-state index in [-0.39, 0.29) is 0 Å². The number of hydrogen-bond acceptors (Lipinski definition) is 4. The van der Waals surface area contributed by atoms with E-state index in [0.717, 1.165) is 23.2 Å². The first-order valence-electron chi connectivity index (χ1n) is 6.30. The summed E-state index contributed by atoms with van der Waals surface area (Å²) in [6.45, 7) is 0. The van der Waals surface area contributed by atoms with Crippen molar-refractivity contribution in [1.82, 2.24) is 19.9 Å². The summed E-state index contributed by atoms with van der Waals surface area (Å²) in [5.74, 6) is 3.88. The molecule has 0 bridgehead atoms. The minimum atomic E-state index is 0.498. The zero-order chi connectivity index (χ0) is 11.4.